The molecule has 12 heavy (non-hydrogen) atoms. The van der Waals surface area contributed by atoms with Gasteiger partial charge >= 0.3 is 0 Å². The molecular weight excluding hydrogens is 172 g/mol. The van der Waals surface area contributed by atoms with Crippen molar-refractivity contribution >= 4 is 11.6 Å². The number of halogens is 1. The number of alkyl halides is 1. The number of benzene rings is 1. The van der Waals surface area contributed by atoms with E-state index in [-0.39, 0.29) is 6.10 Å². The van der Waals surface area contributed by atoms with Gasteiger partial charge in [0, 0.05) is 5.88 Å². The molecule has 0 saturated carbocycles. The van der Waals surface area contributed by atoms with E-state index in [1.165, 1.54) is 0 Å². The van der Waals surface area contributed by atoms with Crippen LogP contribution in [0.1, 0.15) is 18.1 Å². The summed E-state index contributed by atoms with van der Waals surface area (Å²) in [5, 5.41) is 9.11. The first-order valence-electron chi connectivity index (χ1n) is 4.04. The molecule has 0 heterocycles. The van der Waals surface area contributed by atoms with Gasteiger partial charge in [0.15, 0.2) is 0 Å². The van der Waals surface area contributed by atoms with E-state index in [9.17, 15) is 0 Å². The fourth-order valence-corrected chi connectivity index (χ4v) is 1.28. The molecule has 0 spiro atoms. The Morgan fingerprint density at radius 1 is 1.25 bits per heavy atom. The molecule has 1 aromatic rings. The van der Waals surface area contributed by atoms with Crippen molar-refractivity contribution in [2.24, 2.45) is 0 Å². The molecule has 1 unspecified atom stereocenters. The summed E-state index contributed by atoms with van der Waals surface area (Å²) in [4.78, 5) is 0. The van der Waals surface area contributed by atoms with Crippen molar-refractivity contribution in [1.29, 1.82) is 0 Å². The first-order chi connectivity index (χ1) is 5.72. The van der Waals surface area contributed by atoms with Crippen molar-refractivity contribution < 1.29 is 5.11 Å². The van der Waals surface area contributed by atoms with Crippen LogP contribution in [0, 0.1) is 0 Å². The Balaban J connectivity index is 2.65. The summed E-state index contributed by atoms with van der Waals surface area (Å²) in [6.45, 7) is 1.79. The fraction of sp³-hybridized carbons (Fsp3) is 0.400. The molecule has 0 amide bonds. The first-order valence-corrected chi connectivity index (χ1v) is 4.57. The zero-order valence-corrected chi connectivity index (χ0v) is 7.88. The maximum atomic E-state index is 9.11. The van der Waals surface area contributed by atoms with Crippen LogP contribution in [0.2, 0.25) is 0 Å². The van der Waals surface area contributed by atoms with Crippen molar-refractivity contribution in [3.8, 4) is 0 Å². The Bertz CT molecular complexity index is 228. The Hall–Kier alpha value is -0.530. The average Bonchev–Trinajstić information content (AvgIpc) is 2.05. The molecule has 0 saturated heterocycles. The Kier molecular flexibility index (Phi) is 3.57. The smallest absolute Gasteiger partial charge is 0.0552 e. The summed E-state index contributed by atoms with van der Waals surface area (Å²) in [5.74, 6) is 0.551. The molecule has 0 fully saturated rings. The number of aliphatic hydroxyl groups excluding tert-OH is 1. The lowest BCUT2D eigenvalue weighted by molar-refractivity contribution is 0.195. The zero-order chi connectivity index (χ0) is 8.97. The van der Waals surface area contributed by atoms with Gasteiger partial charge in [-0.05, 0) is 24.5 Å². The number of hydrogen-bond acceptors (Lipinski definition) is 1. The highest BCUT2D eigenvalue weighted by atomic mass is 35.5. The van der Waals surface area contributed by atoms with Gasteiger partial charge in [0.05, 0.1) is 6.10 Å². The summed E-state index contributed by atoms with van der Waals surface area (Å²) < 4.78 is 0. The average molecular weight is 185 g/mol. The van der Waals surface area contributed by atoms with Gasteiger partial charge in [0.1, 0.15) is 0 Å². The van der Waals surface area contributed by atoms with Crippen LogP contribution in [-0.4, -0.2) is 11.2 Å². The second-order valence-corrected chi connectivity index (χ2v) is 3.27. The molecule has 1 aromatic carbocycles. The number of aliphatic hydroxyl groups is 1. The molecule has 1 rings (SSSR count). The lowest BCUT2D eigenvalue weighted by Crippen LogP contribution is -2.03. The van der Waals surface area contributed by atoms with Crippen molar-refractivity contribution in [1.82, 2.24) is 0 Å². The van der Waals surface area contributed by atoms with Gasteiger partial charge in [-0.3, -0.25) is 0 Å². The number of hydrogen-bond donors (Lipinski definition) is 1. The topological polar surface area (TPSA) is 20.2 Å². The summed E-state index contributed by atoms with van der Waals surface area (Å²) in [6, 6.07) is 7.99. The van der Waals surface area contributed by atoms with Crippen molar-refractivity contribution in [2.75, 3.05) is 0 Å². The SMILES string of the molecule is CC(O)Cc1ccc(CCl)cc1. The Morgan fingerprint density at radius 2 is 1.75 bits per heavy atom. The van der Waals surface area contributed by atoms with E-state index < -0.39 is 0 Å². The monoisotopic (exact) mass is 184 g/mol. The van der Waals surface area contributed by atoms with E-state index >= 15 is 0 Å². The zero-order valence-electron chi connectivity index (χ0n) is 7.13. The van der Waals surface area contributed by atoms with Gasteiger partial charge in [-0.1, -0.05) is 24.3 Å². The standard InChI is InChI=1S/C10H13ClO/c1-8(12)6-9-2-4-10(7-11)5-3-9/h2-5,8,12H,6-7H2,1H3. The van der Waals surface area contributed by atoms with Gasteiger partial charge in [-0.2, -0.15) is 0 Å². The highest BCUT2D eigenvalue weighted by Crippen LogP contribution is 2.08. The molecular formula is C10H13ClO. The van der Waals surface area contributed by atoms with Crippen LogP contribution in [0.3, 0.4) is 0 Å². The van der Waals surface area contributed by atoms with Gasteiger partial charge in [-0.25, -0.2) is 0 Å². The molecule has 0 radical (unpaired) electrons. The van der Waals surface area contributed by atoms with Gasteiger partial charge in [-0.15, -0.1) is 11.6 Å². The summed E-state index contributed by atoms with van der Waals surface area (Å²) in [7, 11) is 0. The third kappa shape index (κ3) is 2.84. The molecule has 1 atom stereocenters. The van der Waals surface area contributed by atoms with Crippen molar-refractivity contribution in [2.45, 2.75) is 25.3 Å². The Labute approximate surface area is 78.0 Å². The number of rotatable bonds is 3. The van der Waals surface area contributed by atoms with Crippen LogP contribution in [0.5, 0.6) is 0 Å². The largest absolute Gasteiger partial charge is 0.393 e. The molecule has 0 aliphatic heterocycles. The maximum Gasteiger partial charge on any atom is 0.0552 e. The highest BCUT2D eigenvalue weighted by molar-refractivity contribution is 6.17. The molecule has 0 aliphatic rings. The lowest BCUT2D eigenvalue weighted by Gasteiger charge is -2.04. The normalized spacial score (nSPS) is 12.9. The van der Waals surface area contributed by atoms with Crippen LogP contribution in [0.15, 0.2) is 24.3 Å². The minimum Gasteiger partial charge on any atom is -0.393 e. The molecule has 1 N–H and O–H groups in total. The van der Waals surface area contributed by atoms with Gasteiger partial charge in [0.2, 0.25) is 0 Å². The maximum absolute atomic E-state index is 9.11. The van der Waals surface area contributed by atoms with Gasteiger partial charge in [0.25, 0.3) is 0 Å². The summed E-state index contributed by atoms with van der Waals surface area (Å²) in [5.41, 5.74) is 2.27. The Morgan fingerprint density at radius 3 is 2.17 bits per heavy atom. The first kappa shape index (κ1) is 9.56. The second kappa shape index (κ2) is 4.48. The highest BCUT2D eigenvalue weighted by Gasteiger charge is 1.98. The third-order valence-corrected chi connectivity index (χ3v) is 2.02. The molecule has 1 nitrogen and oxygen atoms in total. The summed E-state index contributed by atoms with van der Waals surface area (Å²) in [6.07, 6.45) is 0.439. The van der Waals surface area contributed by atoms with E-state index in [2.05, 4.69) is 0 Å². The lowest BCUT2D eigenvalue weighted by atomic mass is 10.1. The van der Waals surface area contributed by atoms with Crippen LogP contribution >= 0.6 is 11.6 Å². The van der Waals surface area contributed by atoms with Crippen LogP contribution < -0.4 is 0 Å². The van der Waals surface area contributed by atoms with Crippen LogP contribution in [0.4, 0.5) is 0 Å². The minimum absolute atomic E-state index is 0.271. The van der Waals surface area contributed by atoms with E-state index in [1.807, 2.05) is 24.3 Å². The van der Waals surface area contributed by atoms with E-state index in [4.69, 9.17) is 16.7 Å². The van der Waals surface area contributed by atoms with E-state index in [0.29, 0.717) is 12.3 Å². The van der Waals surface area contributed by atoms with Crippen LogP contribution in [0.25, 0.3) is 0 Å². The predicted octanol–water partition coefficient (Wildman–Crippen LogP) is 2.35. The minimum atomic E-state index is -0.271. The quantitative estimate of drug-likeness (QED) is 0.716. The molecule has 2 heteroatoms. The molecule has 66 valence electrons. The van der Waals surface area contributed by atoms with E-state index in [1.54, 1.807) is 6.92 Å². The van der Waals surface area contributed by atoms with Crippen molar-refractivity contribution in [3.63, 3.8) is 0 Å². The van der Waals surface area contributed by atoms with E-state index in [0.717, 1.165) is 11.1 Å². The fourth-order valence-electron chi connectivity index (χ4n) is 1.11. The molecule has 0 aliphatic carbocycles. The van der Waals surface area contributed by atoms with Gasteiger partial charge < -0.3 is 5.11 Å². The molecule has 0 bridgehead atoms. The van der Waals surface area contributed by atoms with Crippen LogP contribution in [-0.2, 0) is 12.3 Å². The second-order valence-electron chi connectivity index (χ2n) is 3.00. The molecule has 0 aromatic heterocycles. The predicted molar refractivity (Wildman–Crippen MR) is 51.4 cm³/mol. The third-order valence-electron chi connectivity index (χ3n) is 1.71. The van der Waals surface area contributed by atoms with Crippen molar-refractivity contribution in [3.05, 3.63) is 35.4 Å². The summed E-state index contributed by atoms with van der Waals surface area (Å²) >= 11 is 5.64.